The summed E-state index contributed by atoms with van der Waals surface area (Å²) in [7, 11) is 0. The number of ether oxygens (including phenoxy) is 1. The van der Waals surface area contributed by atoms with E-state index in [1.54, 1.807) is 42.4 Å². The Morgan fingerprint density at radius 2 is 1.62 bits per heavy atom. The number of imidazole rings is 1. The minimum Gasteiger partial charge on any atom is -0.444 e. The lowest BCUT2D eigenvalue weighted by molar-refractivity contribution is -0.137. The van der Waals surface area contributed by atoms with Gasteiger partial charge in [-0.3, -0.25) is 4.79 Å². The monoisotopic (exact) mass is 546 g/mol. The van der Waals surface area contributed by atoms with Crippen LogP contribution in [-0.2, 0) is 15.7 Å². The Hall–Kier alpha value is -3.83. The third-order valence-electron chi connectivity index (χ3n) is 6.11. The van der Waals surface area contributed by atoms with Crippen molar-refractivity contribution in [3.05, 3.63) is 42.1 Å². The number of piperazine rings is 1. The number of carbonyl (C=O) groups excluding carboxylic acids is 2. The molecule has 0 atom stereocenters. The number of nitrogens with zero attached hydrogens (tertiary/aromatic N) is 5. The number of nitrogens with one attached hydrogen (secondary N) is 1. The zero-order chi connectivity index (χ0) is 28.8. The second-order valence-electron chi connectivity index (χ2n) is 11.5. The molecule has 2 aromatic heterocycles. The van der Waals surface area contributed by atoms with E-state index in [0.29, 0.717) is 48.9 Å². The van der Waals surface area contributed by atoms with Crippen LogP contribution in [0.25, 0.3) is 16.9 Å². The Labute approximate surface area is 224 Å². The lowest BCUT2D eigenvalue weighted by Gasteiger charge is -2.36. The molecule has 0 unspecified atom stereocenters. The fraction of sp³-hybridized carbons (Fsp3) is 0.481. The van der Waals surface area contributed by atoms with Crippen LogP contribution in [0.3, 0.4) is 0 Å². The summed E-state index contributed by atoms with van der Waals surface area (Å²) in [6, 6.07) is 7.15. The Kier molecular flexibility index (Phi) is 7.26. The Balaban J connectivity index is 1.55. The summed E-state index contributed by atoms with van der Waals surface area (Å²) in [6.45, 7) is 12.5. The average Bonchev–Trinajstić information content (AvgIpc) is 3.25. The van der Waals surface area contributed by atoms with Crippen molar-refractivity contribution in [3.8, 4) is 11.3 Å². The van der Waals surface area contributed by atoms with Crippen LogP contribution in [0.4, 0.5) is 29.5 Å². The summed E-state index contributed by atoms with van der Waals surface area (Å²) in [6.07, 6.45) is -3.35. The number of benzene rings is 1. The predicted molar refractivity (Wildman–Crippen MR) is 142 cm³/mol. The summed E-state index contributed by atoms with van der Waals surface area (Å²) in [5, 5.41) is 7.05. The van der Waals surface area contributed by atoms with Crippen molar-refractivity contribution in [2.75, 3.05) is 36.4 Å². The first-order chi connectivity index (χ1) is 18.0. The maximum absolute atomic E-state index is 13.6. The topological polar surface area (TPSA) is 92.1 Å². The molecule has 3 aromatic rings. The van der Waals surface area contributed by atoms with Gasteiger partial charge < -0.3 is 19.9 Å². The summed E-state index contributed by atoms with van der Waals surface area (Å²) in [4.78, 5) is 33.0. The Morgan fingerprint density at radius 3 is 2.21 bits per heavy atom. The van der Waals surface area contributed by atoms with Crippen LogP contribution in [-0.4, -0.2) is 63.3 Å². The molecule has 0 saturated carbocycles. The summed E-state index contributed by atoms with van der Waals surface area (Å²) >= 11 is 0. The molecule has 3 heterocycles. The maximum atomic E-state index is 13.6. The molecule has 1 saturated heterocycles. The largest absolute Gasteiger partial charge is 0.444 e. The zero-order valence-electron chi connectivity index (χ0n) is 22.9. The van der Waals surface area contributed by atoms with Gasteiger partial charge in [0.2, 0.25) is 5.91 Å². The van der Waals surface area contributed by atoms with Crippen molar-refractivity contribution in [1.29, 1.82) is 0 Å². The fourth-order valence-corrected chi connectivity index (χ4v) is 3.99. The molecule has 0 radical (unpaired) electrons. The highest BCUT2D eigenvalue weighted by molar-refractivity contribution is 5.96. The zero-order valence-corrected chi connectivity index (χ0v) is 22.9. The molecular weight excluding hydrogens is 513 g/mol. The van der Waals surface area contributed by atoms with E-state index in [1.807, 2.05) is 31.7 Å². The van der Waals surface area contributed by atoms with Gasteiger partial charge in [0, 0.05) is 37.2 Å². The maximum Gasteiger partial charge on any atom is 0.418 e. The van der Waals surface area contributed by atoms with E-state index >= 15 is 0 Å². The van der Waals surface area contributed by atoms with E-state index in [1.165, 1.54) is 12.1 Å². The van der Waals surface area contributed by atoms with Crippen LogP contribution >= 0.6 is 0 Å². The first-order valence-electron chi connectivity index (χ1n) is 12.6. The van der Waals surface area contributed by atoms with Crippen molar-refractivity contribution in [2.24, 2.45) is 5.41 Å². The van der Waals surface area contributed by atoms with Crippen LogP contribution < -0.4 is 10.2 Å². The number of carbonyl (C=O) groups is 2. The molecule has 1 fully saturated rings. The number of aromatic nitrogens is 3. The predicted octanol–water partition coefficient (Wildman–Crippen LogP) is 5.46. The first kappa shape index (κ1) is 28.2. The van der Waals surface area contributed by atoms with Gasteiger partial charge in [0.1, 0.15) is 11.4 Å². The van der Waals surface area contributed by atoms with Gasteiger partial charge in [-0.05, 0) is 45.0 Å². The molecule has 0 aliphatic carbocycles. The summed E-state index contributed by atoms with van der Waals surface area (Å²) < 4.78 is 47.9. The normalized spacial score (nSPS) is 15.0. The molecule has 9 nitrogen and oxygen atoms in total. The first-order valence-corrected chi connectivity index (χ1v) is 12.6. The number of rotatable bonds is 3. The van der Waals surface area contributed by atoms with Gasteiger partial charge in [0.05, 0.1) is 23.1 Å². The Morgan fingerprint density at radius 1 is 0.949 bits per heavy atom. The standard InChI is InChI=1S/C27H33F3N6O3/c1-25(2,3)23(37)32-19-15-17(7-8-18(19)27(28,29)30)20-16-36-21(31-20)9-10-22(33-36)34-11-13-35(14-12-34)24(38)39-26(4,5)6/h7-10,15-16H,11-14H2,1-6H3,(H,32,37). The number of fused-ring (bicyclic) bond motifs is 1. The highest BCUT2D eigenvalue weighted by atomic mass is 19.4. The van der Waals surface area contributed by atoms with Crippen LogP contribution in [0.15, 0.2) is 36.5 Å². The van der Waals surface area contributed by atoms with Gasteiger partial charge in [0.15, 0.2) is 5.65 Å². The molecule has 0 bridgehead atoms. The molecule has 1 N–H and O–H groups in total. The molecule has 210 valence electrons. The highest BCUT2D eigenvalue weighted by Gasteiger charge is 2.35. The van der Waals surface area contributed by atoms with Gasteiger partial charge in [-0.25, -0.2) is 14.3 Å². The van der Waals surface area contributed by atoms with Gasteiger partial charge in [0.25, 0.3) is 0 Å². The lowest BCUT2D eigenvalue weighted by Crippen LogP contribution is -2.50. The fourth-order valence-electron chi connectivity index (χ4n) is 3.99. The number of amides is 2. The van der Waals surface area contributed by atoms with Gasteiger partial charge in [-0.2, -0.15) is 13.2 Å². The molecule has 1 aliphatic heterocycles. The third-order valence-corrected chi connectivity index (χ3v) is 6.11. The molecule has 12 heteroatoms. The second-order valence-corrected chi connectivity index (χ2v) is 11.5. The van der Waals surface area contributed by atoms with E-state index in [9.17, 15) is 22.8 Å². The van der Waals surface area contributed by atoms with Crippen molar-refractivity contribution in [2.45, 2.75) is 53.3 Å². The second kappa shape index (κ2) is 10.0. The quantitative estimate of drug-likeness (QED) is 0.469. The van der Waals surface area contributed by atoms with Gasteiger partial charge >= 0.3 is 12.3 Å². The lowest BCUT2D eigenvalue weighted by atomic mass is 9.95. The van der Waals surface area contributed by atoms with E-state index < -0.39 is 28.7 Å². The minimum absolute atomic E-state index is 0.325. The SMILES string of the molecule is CC(C)(C)OC(=O)N1CCN(c2ccc3nc(-c4ccc(C(F)(F)F)c(NC(=O)C(C)(C)C)c4)cn3n2)CC1. The van der Waals surface area contributed by atoms with Gasteiger partial charge in [-0.15, -0.1) is 5.10 Å². The smallest absolute Gasteiger partial charge is 0.418 e. The van der Waals surface area contributed by atoms with E-state index in [-0.39, 0.29) is 11.8 Å². The number of halogens is 3. The van der Waals surface area contributed by atoms with E-state index in [2.05, 4.69) is 15.4 Å². The highest BCUT2D eigenvalue weighted by Crippen LogP contribution is 2.38. The number of hydrogen-bond donors (Lipinski definition) is 1. The molecule has 39 heavy (non-hydrogen) atoms. The van der Waals surface area contributed by atoms with Crippen LogP contribution in [0.5, 0.6) is 0 Å². The summed E-state index contributed by atoms with van der Waals surface area (Å²) in [5.41, 5.74) is -1.36. The third kappa shape index (κ3) is 6.61. The van der Waals surface area contributed by atoms with Gasteiger partial charge in [-0.1, -0.05) is 26.8 Å². The summed E-state index contributed by atoms with van der Waals surface area (Å²) in [5.74, 6) is 0.152. The number of hydrogen-bond acceptors (Lipinski definition) is 6. The van der Waals surface area contributed by atoms with Crippen LogP contribution in [0.2, 0.25) is 0 Å². The minimum atomic E-state index is -4.64. The van der Waals surface area contributed by atoms with Crippen molar-refractivity contribution < 1.29 is 27.5 Å². The number of alkyl halides is 3. The molecule has 1 aliphatic rings. The molecular formula is C27H33F3N6O3. The molecule has 1 aromatic carbocycles. The molecule has 4 rings (SSSR count). The van der Waals surface area contributed by atoms with Crippen molar-refractivity contribution in [1.82, 2.24) is 19.5 Å². The van der Waals surface area contributed by atoms with E-state index in [4.69, 9.17) is 4.74 Å². The average molecular weight is 547 g/mol. The van der Waals surface area contributed by atoms with Crippen molar-refractivity contribution >= 4 is 29.2 Å². The number of anilines is 2. The van der Waals surface area contributed by atoms with Crippen LogP contribution in [0.1, 0.15) is 47.1 Å². The molecule has 0 spiro atoms. The van der Waals surface area contributed by atoms with Crippen molar-refractivity contribution in [3.63, 3.8) is 0 Å². The Bertz CT molecular complexity index is 1380. The van der Waals surface area contributed by atoms with E-state index in [0.717, 1.165) is 6.07 Å². The van der Waals surface area contributed by atoms with Crippen LogP contribution in [0, 0.1) is 5.41 Å². The molecule has 2 amide bonds.